The molecule has 1 aromatic rings. The first-order valence-corrected chi connectivity index (χ1v) is 9.23. The van der Waals surface area contributed by atoms with E-state index in [0.29, 0.717) is 12.0 Å². The van der Waals surface area contributed by atoms with Crippen molar-refractivity contribution in [1.29, 1.82) is 0 Å². The first kappa shape index (κ1) is 19.4. The predicted molar refractivity (Wildman–Crippen MR) is 99.9 cm³/mol. The van der Waals surface area contributed by atoms with Gasteiger partial charge < -0.3 is 16.0 Å². The lowest BCUT2D eigenvalue weighted by Crippen LogP contribution is -2.43. The first-order valence-electron chi connectivity index (χ1n) is 9.23. The maximum atomic E-state index is 11.7. The quantitative estimate of drug-likeness (QED) is 0.709. The van der Waals surface area contributed by atoms with Crippen molar-refractivity contribution in [3.63, 3.8) is 0 Å². The molecule has 2 amide bonds. The average Bonchev–Trinajstić information content (AvgIpc) is 2.56. The molecule has 25 heavy (non-hydrogen) atoms. The Labute approximate surface area is 151 Å². The van der Waals surface area contributed by atoms with Crippen molar-refractivity contribution in [1.82, 2.24) is 10.2 Å². The molecule has 1 atom stereocenters. The summed E-state index contributed by atoms with van der Waals surface area (Å²) in [6.07, 6.45) is 6.21. The molecular weight excluding hydrogens is 314 g/mol. The van der Waals surface area contributed by atoms with Crippen LogP contribution >= 0.6 is 0 Å². The zero-order valence-electron chi connectivity index (χ0n) is 15.4. The third-order valence-corrected chi connectivity index (χ3v) is 5.25. The van der Waals surface area contributed by atoms with E-state index < -0.39 is 5.91 Å². The second-order valence-electron chi connectivity index (χ2n) is 7.38. The standard InChI is InChI=1S/C20H31N3O2/c1-23(2)18(13-8-15-6-4-3-5-7-15)16-9-11-17(12-10-16)22-20(25)14-19(21)24/h3-7,16-18H,8-14H2,1-2H3,(H2,21,24)(H,22,25). The van der Waals surface area contributed by atoms with Crippen LogP contribution in [0.25, 0.3) is 0 Å². The maximum absolute atomic E-state index is 11.7. The summed E-state index contributed by atoms with van der Waals surface area (Å²) >= 11 is 0. The van der Waals surface area contributed by atoms with Crippen molar-refractivity contribution in [2.24, 2.45) is 11.7 Å². The monoisotopic (exact) mass is 345 g/mol. The van der Waals surface area contributed by atoms with E-state index in [4.69, 9.17) is 5.73 Å². The van der Waals surface area contributed by atoms with E-state index in [1.165, 1.54) is 5.56 Å². The van der Waals surface area contributed by atoms with E-state index >= 15 is 0 Å². The van der Waals surface area contributed by atoms with Crippen molar-refractivity contribution in [2.45, 2.75) is 57.0 Å². The van der Waals surface area contributed by atoms with Crippen LogP contribution in [0.4, 0.5) is 0 Å². The summed E-state index contributed by atoms with van der Waals surface area (Å²) < 4.78 is 0. The van der Waals surface area contributed by atoms with Gasteiger partial charge in [0.05, 0.1) is 0 Å². The molecule has 1 fully saturated rings. The first-order chi connectivity index (χ1) is 12.0. The zero-order valence-corrected chi connectivity index (χ0v) is 15.4. The van der Waals surface area contributed by atoms with Gasteiger partial charge in [0.25, 0.3) is 0 Å². The van der Waals surface area contributed by atoms with Crippen LogP contribution in [0.5, 0.6) is 0 Å². The van der Waals surface area contributed by atoms with Crippen LogP contribution < -0.4 is 11.1 Å². The molecule has 0 bridgehead atoms. The third-order valence-electron chi connectivity index (χ3n) is 5.25. The molecule has 0 saturated heterocycles. The molecule has 138 valence electrons. The van der Waals surface area contributed by atoms with Crippen molar-refractivity contribution < 1.29 is 9.59 Å². The highest BCUT2D eigenvalue weighted by Crippen LogP contribution is 2.31. The molecule has 0 radical (unpaired) electrons. The van der Waals surface area contributed by atoms with E-state index in [-0.39, 0.29) is 18.4 Å². The number of amides is 2. The van der Waals surface area contributed by atoms with Gasteiger partial charge in [0, 0.05) is 12.1 Å². The highest BCUT2D eigenvalue weighted by Gasteiger charge is 2.29. The number of primary amides is 1. The molecule has 0 spiro atoms. The fourth-order valence-corrected chi connectivity index (χ4v) is 3.96. The second-order valence-corrected chi connectivity index (χ2v) is 7.38. The molecule has 1 saturated carbocycles. The summed E-state index contributed by atoms with van der Waals surface area (Å²) in [5.41, 5.74) is 6.46. The van der Waals surface area contributed by atoms with Gasteiger partial charge in [-0.05, 0) is 64.1 Å². The van der Waals surface area contributed by atoms with Crippen LogP contribution in [0, 0.1) is 5.92 Å². The van der Waals surface area contributed by atoms with Crippen LogP contribution in [0.1, 0.15) is 44.1 Å². The number of benzene rings is 1. The minimum atomic E-state index is -0.570. The Morgan fingerprint density at radius 1 is 1.16 bits per heavy atom. The van der Waals surface area contributed by atoms with Gasteiger partial charge in [0.1, 0.15) is 6.42 Å². The lowest BCUT2D eigenvalue weighted by atomic mass is 9.79. The number of carbonyl (C=O) groups excluding carboxylic acids is 2. The van der Waals surface area contributed by atoms with Gasteiger partial charge in [-0.2, -0.15) is 0 Å². The zero-order chi connectivity index (χ0) is 18.2. The third kappa shape index (κ3) is 6.50. The highest BCUT2D eigenvalue weighted by molar-refractivity contribution is 5.96. The predicted octanol–water partition coefficient (Wildman–Crippen LogP) is 2.10. The van der Waals surface area contributed by atoms with Crippen molar-refractivity contribution >= 4 is 11.8 Å². The number of hydrogen-bond donors (Lipinski definition) is 2. The van der Waals surface area contributed by atoms with Crippen LogP contribution in [0.15, 0.2) is 30.3 Å². The molecule has 1 aromatic carbocycles. The van der Waals surface area contributed by atoms with Crippen molar-refractivity contribution in [3.05, 3.63) is 35.9 Å². The minimum absolute atomic E-state index is 0.181. The van der Waals surface area contributed by atoms with Gasteiger partial charge >= 0.3 is 0 Å². The molecule has 3 N–H and O–H groups in total. The lowest BCUT2D eigenvalue weighted by molar-refractivity contribution is -0.128. The fourth-order valence-electron chi connectivity index (χ4n) is 3.96. The van der Waals surface area contributed by atoms with Gasteiger partial charge in [-0.25, -0.2) is 0 Å². The molecule has 1 aliphatic rings. The highest BCUT2D eigenvalue weighted by atomic mass is 16.2. The van der Waals surface area contributed by atoms with Crippen molar-refractivity contribution in [2.75, 3.05) is 14.1 Å². The molecule has 1 aliphatic carbocycles. The molecule has 0 heterocycles. The van der Waals surface area contributed by atoms with E-state index in [2.05, 4.69) is 54.6 Å². The summed E-state index contributed by atoms with van der Waals surface area (Å²) in [5.74, 6) is -0.160. The molecule has 1 unspecified atom stereocenters. The Morgan fingerprint density at radius 3 is 2.36 bits per heavy atom. The summed E-state index contributed by atoms with van der Waals surface area (Å²) in [6, 6.07) is 11.4. The molecule has 0 aromatic heterocycles. The topological polar surface area (TPSA) is 75.4 Å². The average molecular weight is 345 g/mol. The number of nitrogens with one attached hydrogen (secondary N) is 1. The summed E-state index contributed by atoms with van der Waals surface area (Å²) in [5, 5.41) is 2.94. The molecular formula is C20H31N3O2. The maximum Gasteiger partial charge on any atom is 0.229 e. The van der Waals surface area contributed by atoms with Gasteiger partial charge in [-0.3, -0.25) is 9.59 Å². The van der Waals surface area contributed by atoms with E-state index in [1.807, 2.05) is 0 Å². The largest absolute Gasteiger partial charge is 0.369 e. The van der Waals surface area contributed by atoms with Gasteiger partial charge in [0.2, 0.25) is 11.8 Å². The van der Waals surface area contributed by atoms with Crippen LogP contribution in [0.2, 0.25) is 0 Å². The van der Waals surface area contributed by atoms with E-state index in [1.54, 1.807) is 0 Å². The second kappa shape index (κ2) is 9.56. The van der Waals surface area contributed by atoms with Crippen molar-refractivity contribution in [3.8, 4) is 0 Å². The molecule has 0 aliphatic heterocycles. The van der Waals surface area contributed by atoms with Crippen LogP contribution in [-0.4, -0.2) is 42.9 Å². The van der Waals surface area contributed by atoms with Gasteiger partial charge in [-0.15, -0.1) is 0 Å². The van der Waals surface area contributed by atoms with E-state index in [9.17, 15) is 9.59 Å². The number of nitrogens with two attached hydrogens (primary N) is 1. The Bertz CT molecular complexity index is 551. The summed E-state index contributed by atoms with van der Waals surface area (Å²) in [7, 11) is 4.33. The minimum Gasteiger partial charge on any atom is -0.369 e. The molecule has 5 nitrogen and oxygen atoms in total. The Kier molecular flexibility index (Phi) is 7.44. The number of carbonyl (C=O) groups is 2. The normalized spacial score (nSPS) is 21.7. The van der Waals surface area contributed by atoms with Crippen LogP contribution in [-0.2, 0) is 16.0 Å². The van der Waals surface area contributed by atoms with Gasteiger partial charge in [-0.1, -0.05) is 30.3 Å². The SMILES string of the molecule is CN(C)C(CCc1ccccc1)C1CCC(NC(=O)CC(N)=O)CC1. The Balaban J connectivity index is 1.81. The Morgan fingerprint density at radius 2 is 1.80 bits per heavy atom. The molecule has 2 rings (SSSR count). The number of nitrogens with zero attached hydrogens (tertiary/aromatic N) is 1. The molecule has 5 heteroatoms. The fraction of sp³-hybridized carbons (Fsp3) is 0.600. The smallest absolute Gasteiger partial charge is 0.229 e. The van der Waals surface area contributed by atoms with E-state index in [0.717, 1.165) is 38.5 Å². The summed E-state index contributed by atoms with van der Waals surface area (Å²) in [6.45, 7) is 0. The lowest BCUT2D eigenvalue weighted by Gasteiger charge is -2.37. The summed E-state index contributed by atoms with van der Waals surface area (Å²) in [4.78, 5) is 24.8. The number of aryl methyl sites for hydroxylation is 1. The van der Waals surface area contributed by atoms with Gasteiger partial charge in [0.15, 0.2) is 0 Å². The number of hydrogen-bond acceptors (Lipinski definition) is 3. The van der Waals surface area contributed by atoms with Crippen LogP contribution in [0.3, 0.4) is 0 Å². The Hall–Kier alpha value is -1.88. The number of rotatable bonds is 8.